The minimum absolute atomic E-state index is 0.181. The maximum absolute atomic E-state index is 13.7. The van der Waals surface area contributed by atoms with Crippen molar-refractivity contribution in [2.45, 2.75) is 6.61 Å². The lowest BCUT2D eigenvalue weighted by Gasteiger charge is -2.34. The fourth-order valence-electron chi connectivity index (χ4n) is 5.00. The molecule has 1 heterocycles. The number of para-hydroxylation sites is 2. The zero-order chi connectivity index (χ0) is 29.9. The van der Waals surface area contributed by atoms with Crippen LogP contribution in [0.5, 0.6) is 11.5 Å². The van der Waals surface area contributed by atoms with E-state index in [4.69, 9.17) is 9.47 Å². The van der Waals surface area contributed by atoms with Crippen molar-refractivity contribution in [2.24, 2.45) is 0 Å². The first-order valence-electron chi connectivity index (χ1n) is 13.5. The van der Waals surface area contributed by atoms with Crippen molar-refractivity contribution in [1.82, 2.24) is 0 Å². The van der Waals surface area contributed by atoms with Gasteiger partial charge in [0.25, 0.3) is 11.8 Å². The average molecular weight is 633 g/mol. The van der Waals surface area contributed by atoms with Gasteiger partial charge in [-0.15, -0.1) is 0 Å². The fourth-order valence-corrected chi connectivity index (χ4v) is 5.44. The molecule has 1 saturated heterocycles. The highest BCUT2D eigenvalue weighted by molar-refractivity contribution is 9.10. The van der Waals surface area contributed by atoms with E-state index in [9.17, 15) is 14.4 Å². The summed E-state index contributed by atoms with van der Waals surface area (Å²) in [6, 6.07) is 33.9. The molecule has 4 amide bonds. The third-order valence-electron chi connectivity index (χ3n) is 7.12. The molecule has 7 nitrogen and oxygen atoms in total. The standard InChI is InChI=1S/C35H25BrN2O5/c1-42-31-20-25(30(36)21-32(31)43-22-24-13-10-12-23-11-8-9-18-28(23)24)19-29-33(39)37(26-14-4-2-5-15-26)35(41)38(34(29)40)27-16-6-3-7-17-27/h2-21H,22H2,1H3. The van der Waals surface area contributed by atoms with Crippen LogP contribution in [0.3, 0.4) is 0 Å². The molecule has 5 aromatic rings. The summed E-state index contributed by atoms with van der Waals surface area (Å²) in [7, 11) is 1.52. The van der Waals surface area contributed by atoms with Gasteiger partial charge in [0.1, 0.15) is 12.2 Å². The van der Waals surface area contributed by atoms with Crippen LogP contribution in [0.4, 0.5) is 16.2 Å². The number of methoxy groups -OCH3 is 1. The lowest BCUT2D eigenvalue weighted by atomic mass is 10.0. The van der Waals surface area contributed by atoms with E-state index in [1.165, 1.54) is 13.2 Å². The Balaban J connectivity index is 1.37. The highest BCUT2D eigenvalue weighted by Gasteiger charge is 2.43. The molecule has 0 atom stereocenters. The number of rotatable bonds is 7. The number of anilines is 2. The van der Waals surface area contributed by atoms with Gasteiger partial charge in [-0.3, -0.25) is 9.59 Å². The maximum Gasteiger partial charge on any atom is 0.343 e. The number of hydrogen-bond acceptors (Lipinski definition) is 5. The summed E-state index contributed by atoms with van der Waals surface area (Å²) in [5.74, 6) is -0.550. The molecular weight excluding hydrogens is 608 g/mol. The van der Waals surface area contributed by atoms with Crippen molar-refractivity contribution < 1.29 is 23.9 Å². The molecular formula is C35H25BrN2O5. The van der Waals surface area contributed by atoms with Gasteiger partial charge >= 0.3 is 6.03 Å². The fraction of sp³-hybridized carbons (Fsp3) is 0.0571. The van der Waals surface area contributed by atoms with E-state index < -0.39 is 17.8 Å². The molecule has 5 aromatic carbocycles. The van der Waals surface area contributed by atoms with Crippen LogP contribution < -0.4 is 19.3 Å². The van der Waals surface area contributed by atoms with Crippen molar-refractivity contribution in [3.63, 3.8) is 0 Å². The van der Waals surface area contributed by atoms with E-state index in [1.807, 2.05) is 24.3 Å². The first-order valence-corrected chi connectivity index (χ1v) is 14.3. The molecule has 0 aliphatic carbocycles. The van der Waals surface area contributed by atoms with Crippen LogP contribution >= 0.6 is 15.9 Å². The van der Waals surface area contributed by atoms with Crippen molar-refractivity contribution >= 4 is 62.0 Å². The monoisotopic (exact) mass is 632 g/mol. The van der Waals surface area contributed by atoms with Crippen LogP contribution in [-0.2, 0) is 16.2 Å². The number of amides is 4. The van der Waals surface area contributed by atoms with Crippen LogP contribution in [0, 0.1) is 0 Å². The van der Waals surface area contributed by atoms with Gasteiger partial charge in [-0.2, -0.15) is 0 Å². The molecule has 1 aliphatic heterocycles. The number of imide groups is 2. The van der Waals surface area contributed by atoms with E-state index in [2.05, 4.69) is 34.1 Å². The number of nitrogens with zero attached hydrogens (tertiary/aromatic N) is 2. The SMILES string of the molecule is COc1cc(C=C2C(=O)N(c3ccccc3)C(=O)N(c3ccccc3)C2=O)c(Br)cc1OCc1cccc2ccccc12. The number of carbonyl (C=O) groups is 3. The molecule has 0 radical (unpaired) electrons. The molecule has 1 aliphatic rings. The topological polar surface area (TPSA) is 76.2 Å². The zero-order valence-corrected chi connectivity index (χ0v) is 24.7. The maximum atomic E-state index is 13.7. The van der Waals surface area contributed by atoms with Crippen molar-refractivity contribution in [3.05, 3.63) is 136 Å². The molecule has 0 N–H and O–H groups in total. The number of ether oxygens (including phenoxy) is 2. The number of carbonyl (C=O) groups excluding carboxylic acids is 3. The van der Waals surface area contributed by atoms with E-state index >= 15 is 0 Å². The Hall–Kier alpha value is -5.21. The third-order valence-corrected chi connectivity index (χ3v) is 7.81. The minimum atomic E-state index is -0.751. The Morgan fingerprint density at radius 1 is 0.698 bits per heavy atom. The predicted molar refractivity (Wildman–Crippen MR) is 170 cm³/mol. The minimum Gasteiger partial charge on any atom is -0.493 e. The Kier molecular flexibility index (Phi) is 7.77. The van der Waals surface area contributed by atoms with Gasteiger partial charge in [0.15, 0.2) is 11.5 Å². The second-order valence-electron chi connectivity index (χ2n) is 9.74. The van der Waals surface area contributed by atoms with Crippen LogP contribution in [0.2, 0.25) is 0 Å². The van der Waals surface area contributed by atoms with Gasteiger partial charge in [-0.1, -0.05) is 94.8 Å². The number of benzene rings is 5. The number of fused-ring (bicyclic) bond motifs is 1. The number of halogens is 1. The second-order valence-corrected chi connectivity index (χ2v) is 10.6. The van der Waals surface area contributed by atoms with E-state index in [0.717, 1.165) is 26.1 Å². The summed E-state index contributed by atoms with van der Waals surface area (Å²) in [6.07, 6.45) is 1.46. The first-order chi connectivity index (χ1) is 21.0. The summed E-state index contributed by atoms with van der Waals surface area (Å²) in [6.45, 7) is 0.307. The molecule has 6 rings (SSSR count). The lowest BCUT2D eigenvalue weighted by Crippen LogP contribution is -2.57. The lowest BCUT2D eigenvalue weighted by molar-refractivity contribution is -0.121. The molecule has 0 bridgehead atoms. The first kappa shape index (κ1) is 27.9. The van der Waals surface area contributed by atoms with Crippen LogP contribution in [0.1, 0.15) is 11.1 Å². The summed E-state index contributed by atoms with van der Waals surface area (Å²) in [5, 5.41) is 2.22. The Morgan fingerprint density at radius 3 is 1.91 bits per heavy atom. The second kappa shape index (κ2) is 12.0. The van der Waals surface area contributed by atoms with E-state index in [1.54, 1.807) is 72.8 Å². The predicted octanol–water partition coefficient (Wildman–Crippen LogP) is 7.77. The largest absolute Gasteiger partial charge is 0.493 e. The quantitative estimate of drug-likeness (QED) is 0.135. The molecule has 212 valence electrons. The summed E-state index contributed by atoms with van der Waals surface area (Å²) < 4.78 is 12.4. The summed E-state index contributed by atoms with van der Waals surface area (Å²) >= 11 is 3.58. The van der Waals surface area contributed by atoms with Gasteiger partial charge < -0.3 is 9.47 Å². The van der Waals surface area contributed by atoms with Gasteiger partial charge in [0.05, 0.1) is 18.5 Å². The third kappa shape index (κ3) is 5.40. The van der Waals surface area contributed by atoms with Gasteiger partial charge in [-0.05, 0) is 64.4 Å². The molecule has 1 fully saturated rings. The zero-order valence-electron chi connectivity index (χ0n) is 23.1. The van der Waals surface area contributed by atoms with E-state index in [0.29, 0.717) is 39.5 Å². The van der Waals surface area contributed by atoms with Crippen molar-refractivity contribution in [2.75, 3.05) is 16.9 Å². The summed E-state index contributed by atoms with van der Waals surface area (Å²) in [5.41, 5.74) is 2.05. The molecule has 0 spiro atoms. The van der Waals surface area contributed by atoms with E-state index in [-0.39, 0.29) is 5.57 Å². The van der Waals surface area contributed by atoms with Crippen LogP contribution in [0.15, 0.2) is 125 Å². The van der Waals surface area contributed by atoms with Crippen LogP contribution in [-0.4, -0.2) is 25.0 Å². The molecule has 8 heteroatoms. The molecule has 0 saturated carbocycles. The normalized spacial score (nSPS) is 13.4. The smallest absolute Gasteiger partial charge is 0.343 e. The van der Waals surface area contributed by atoms with Gasteiger partial charge in [-0.25, -0.2) is 14.6 Å². The van der Waals surface area contributed by atoms with Crippen molar-refractivity contribution in [1.29, 1.82) is 0 Å². The molecule has 43 heavy (non-hydrogen) atoms. The highest BCUT2D eigenvalue weighted by Crippen LogP contribution is 2.37. The number of urea groups is 1. The Labute approximate surface area is 256 Å². The van der Waals surface area contributed by atoms with Gasteiger partial charge in [0.2, 0.25) is 0 Å². The summed E-state index contributed by atoms with van der Waals surface area (Å²) in [4.78, 5) is 43.1. The number of hydrogen-bond donors (Lipinski definition) is 0. The molecule has 0 unspecified atom stereocenters. The Bertz CT molecular complexity index is 1820. The van der Waals surface area contributed by atoms with Crippen LogP contribution in [0.25, 0.3) is 16.8 Å². The molecule has 0 aromatic heterocycles. The highest BCUT2D eigenvalue weighted by atomic mass is 79.9. The van der Waals surface area contributed by atoms with Gasteiger partial charge in [0, 0.05) is 4.47 Å². The van der Waals surface area contributed by atoms with Crippen molar-refractivity contribution in [3.8, 4) is 11.5 Å². The number of barbiturate groups is 1. The average Bonchev–Trinajstić information content (AvgIpc) is 3.04. The Morgan fingerprint density at radius 2 is 1.28 bits per heavy atom.